The Labute approximate surface area is 125 Å². The van der Waals surface area contributed by atoms with Gasteiger partial charge in [0.15, 0.2) is 0 Å². The van der Waals surface area contributed by atoms with Gasteiger partial charge in [0.05, 0.1) is 16.3 Å². The second-order valence-corrected chi connectivity index (χ2v) is 4.68. The van der Waals surface area contributed by atoms with Gasteiger partial charge in [0, 0.05) is 10.7 Å². The van der Waals surface area contributed by atoms with Gasteiger partial charge >= 0.3 is 0 Å². The van der Waals surface area contributed by atoms with Crippen molar-refractivity contribution in [3.05, 3.63) is 58.1 Å². The minimum atomic E-state index is -0.376. The molecule has 20 heavy (non-hydrogen) atoms. The molecule has 0 heterocycles. The van der Waals surface area contributed by atoms with Crippen molar-refractivity contribution in [2.75, 3.05) is 5.32 Å². The smallest absolute Gasteiger partial charge is 0.257 e. The Morgan fingerprint density at radius 2 is 1.95 bits per heavy atom. The molecule has 0 fully saturated rings. The van der Waals surface area contributed by atoms with Crippen molar-refractivity contribution in [3.63, 3.8) is 0 Å². The van der Waals surface area contributed by atoms with Gasteiger partial charge in [-0.2, -0.15) is 4.99 Å². The lowest BCUT2D eigenvalue weighted by molar-refractivity contribution is 0.102. The molecule has 0 aliphatic heterocycles. The highest BCUT2D eigenvalue weighted by Gasteiger charge is 2.11. The highest BCUT2D eigenvalue weighted by molar-refractivity contribution is 6.37. The van der Waals surface area contributed by atoms with Crippen LogP contribution in [-0.2, 0) is 4.79 Å². The molecule has 2 rings (SSSR count). The Hall–Kier alpha value is -2.13. The average molecular weight is 307 g/mol. The summed E-state index contributed by atoms with van der Waals surface area (Å²) in [5, 5.41) is 3.37. The van der Waals surface area contributed by atoms with Crippen LogP contribution in [0.5, 0.6) is 0 Å². The van der Waals surface area contributed by atoms with Crippen LogP contribution < -0.4 is 5.32 Å². The second-order valence-electron chi connectivity index (χ2n) is 3.83. The first-order valence-corrected chi connectivity index (χ1v) is 6.30. The molecular formula is C14H8Cl2N2O2. The highest BCUT2D eigenvalue weighted by atomic mass is 35.5. The number of benzene rings is 2. The van der Waals surface area contributed by atoms with E-state index in [0.717, 1.165) is 0 Å². The molecule has 0 atom stereocenters. The second kappa shape index (κ2) is 6.35. The zero-order chi connectivity index (χ0) is 14.5. The van der Waals surface area contributed by atoms with Crippen LogP contribution >= 0.6 is 23.2 Å². The molecule has 0 aliphatic carbocycles. The van der Waals surface area contributed by atoms with E-state index in [0.29, 0.717) is 22.0 Å². The predicted octanol–water partition coefficient (Wildman–Crippen LogP) is 4.21. The maximum absolute atomic E-state index is 12.1. The van der Waals surface area contributed by atoms with Crippen LogP contribution in [0.2, 0.25) is 10.0 Å². The summed E-state index contributed by atoms with van der Waals surface area (Å²) in [6, 6.07) is 11.1. The van der Waals surface area contributed by atoms with Crippen LogP contribution in [0.15, 0.2) is 47.5 Å². The van der Waals surface area contributed by atoms with Crippen LogP contribution in [0.25, 0.3) is 0 Å². The van der Waals surface area contributed by atoms with Crippen LogP contribution in [0.4, 0.5) is 11.4 Å². The van der Waals surface area contributed by atoms with E-state index in [1.54, 1.807) is 30.3 Å². The number of rotatable bonds is 3. The van der Waals surface area contributed by atoms with Gasteiger partial charge in [-0.15, -0.1) is 0 Å². The summed E-state index contributed by atoms with van der Waals surface area (Å²) >= 11 is 11.7. The topological polar surface area (TPSA) is 58.5 Å². The van der Waals surface area contributed by atoms with Crippen LogP contribution in [0.1, 0.15) is 10.4 Å². The van der Waals surface area contributed by atoms with E-state index in [1.165, 1.54) is 18.2 Å². The largest absolute Gasteiger partial charge is 0.322 e. The molecule has 0 aromatic heterocycles. The van der Waals surface area contributed by atoms with Crippen molar-refractivity contribution in [2.45, 2.75) is 0 Å². The van der Waals surface area contributed by atoms with E-state index in [9.17, 15) is 9.59 Å². The standard InChI is InChI=1S/C14H8Cl2N2O2/c15-9-4-5-12(13(16)6-9)14(20)18-11-3-1-2-10(7-11)17-8-19/h1-7H,(H,18,20). The molecule has 1 N–H and O–H groups in total. The fourth-order valence-electron chi connectivity index (χ4n) is 1.58. The van der Waals surface area contributed by atoms with Crippen molar-refractivity contribution in [3.8, 4) is 0 Å². The third-order valence-electron chi connectivity index (χ3n) is 2.45. The number of carbonyl (C=O) groups is 1. The van der Waals surface area contributed by atoms with Gasteiger partial charge in [-0.1, -0.05) is 29.3 Å². The first-order valence-electron chi connectivity index (χ1n) is 5.54. The number of aliphatic imine (C=N–C) groups is 1. The maximum Gasteiger partial charge on any atom is 0.257 e. The number of hydrogen-bond donors (Lipinski definition) is 1. The predicted molar refractivity (Wildman–Crippen MR) is 78.6 cm³/mol. The van der Waals surface area contributed by atoms with E-state index in [-0.39, 0.29) is 10.9 Å². The van der Waals surface area contributed by atoms with Gasteiger partial charge < -0.3 is 5.32 Å². The molecule has 0 aliphatic rings. The summed E-state index contributed by atoms with van der Waals surface area (Å²) in [6.07, 6.45) is 1.44. The zero-order valence-corrected chi connectivity index (χ0v) is 11.6. The molecule has 0 bridgehead atoms. The molecule has 0 saturated heterocycles. The number of nitrogens with zero attached hydrogens (tertiary/aromatic N) is 1. The van der Waals surface area contributed by atoms with Crippen molar-refractivity contribution < 1.29 is 9.59 Å². The highest BCUT2D eigenvalue weighted by Crippen LogP contribution is 2.23. The first-order chi connectivity index (χ1) is 9.60. The fraction of sp³-hybridized carbons (Fsp3) is 0. The molecular weight excluding hydrogens is 299 g/mol. The number of halogens is 2. The van der Waals surface area contributed by atoms with E-state index < -0.39 is 0 Å². The quantitative estimate of drug-likeness (QED) is 0.682. The normalized spacial score (nSPS) is 9.70. The van der Waals surface area contributed by atoms with Gasteiger partial charge in [0.1, 0.15) is 0 Å². The lowest BCUT2D eigenvalue weighted by Crippen LogP contribution is -2.12. The molecule has 6 heteroatoms. The Balaban J connectivity index is 2.23. The van der Waals surface area contributed by atoms with Crippen LogP contribution in [0.3, 0.4) is 0 Å². The minimum Gasteiger partial charge on any atom is -0.322 e. The third-order valence-corrected chi connectivity index (χ3v) is 3.00. The average Bonchev–Trinajstić information content (AvgIpc) is 2.39. The maximum atomic E-state index is 12.1. The lowest BCUT2D eigenvalue weighted by Gasteiger charge is -2.07. The lowest BCUT2D eigenvalue weighted by atomic mass is 10.2. The van der Waals surface area contributed by atoms with Gasteiger partial charge in [0.25, 0.3) is 5.91 Å². The van der Waals surface area contributed by atoms with Crippen LogP contribution in [-0.4, -0.2) is 12.0 Å². The number of carbonyl (C=O) groups excluding carboxylic acids is 2. The number of anilines is 1. The first kappa shape index (κ1) is 14.3. The Bertz CT molecular complexity index is 710. The van der Waals surface area contributed by atoms with Gasteiger partial charge in [-0.05, 0) is 36.4 Å². The zero-order valence-electron chi connectivity index (χ0n) is 10.1. The van der Waals surface area contributed by atoms with Gasteiger partial charge in [-0.25, -0.2) is 4.79 Å². The molecule has 1 amide bonds. The Morgan fingerprint density at radius 1 is 1.15 bits per heavy atom. The fourth-order valence-corrected chi connectivity index (χ4v) is 2.07. The number of amides is 1. The molecule has 2 aromatic rings. The molecule has 0 radical (unpaired) electrons. The molecule has 0 saturated carbocycles. The van der Waals surface area contributed by atoms with Crippen molar-refractivity contribution >= 4 is 46.6 Å². The van der Waals surface area contributed by atoms with Crippen molar-refractivity contribution in [1.29, 1.82) is 0 Å². The third kappa shape index (κ3) is 3.45. The minimum absolute atomic E-state index is 0.261. The van der Waals surface area contributed by atoms with Crippen molar-refractivity contribution in [1.82, 2.24) is 0 Å². The van der Waals surface area contributed by atoms with E-state index >= 15 is 0 Å². The van der Waals surface area contributed by atoms with Crippen molar-refractivity contribution in [2.24, 2.45) is 4.99 Å². The van der Waals surface area contributed by atoms with E-state index in [1.807, 2.05) is 0 Å². The summed E-state index contributed by atoms with van der Waals surface area (Å²) in [7, 11) is 0. The Kier molecular flexibility index (Phi) is 4.53. The SMILES string of the molecule is O=C=Nc1cccc(NC(=O)c2ccc(Cl)cc2Cl)c1. The summed E-state index contributed by atoms with van der Waals surface area (Å²) in [6.45, 7) is 0. The number of hydrogen-bond acceptors (Lipinski definition) is 3. The van der Waals surface area contributed by atoms with E-state index in [4.69, 9.17) is 23.2 Å². The molecule has 100 valence electrons. The molecule has 4 nitrogen and oxygen atoms in total. The summed E-state index contributed by atoms with van der Waals surface area (Å²) in [5.41, 5.74) is 1.21. The monoisotopic (exact) mass is 306 g/mol. The van der Waals surface area contributed by atoms with Gasteiger partial charge in [0.2, 0.25) is 6.08 Å². The molecule has 2 aromatic carbocycles. The summed E-state index contributed by atoms with van der Waals surface area (Å²) in [4.78, 5) is 25.7. The van der Waals surface area contributed by atoms with E-state index in [2.05, 4.69) is 10.3 Å². The molecule has 0 spiro atoms. The summed E-state index contributed by atoms with van der Waals surface area (Å²) < 4.78 is 0. The summed E-state index contributed by atoms with van der Waals surface area (Å²) in [5.74, 6) is -0.376. The molecule has 0 unspecified atom stereocenters. The van der Waals surface area contributed by atoms with Gasteiger partial charge in [-0.3, -0.25) is 4.79 Å². The Morgan fingerprint density at radius 3 is 2.65 bits per heavy atom. The van der Waals surface area contributed by atoms with Crippen LogP contribution in [0, 0.1) is 0 Å². The number of isocyanates is 1. The number of nitrogens with one attached hydrogen (secondary N) is 1.